The van der Waals surface area contributed by atoms with E-state index < -0.39 is 5.54 Å². The van der Waals surface area contributed by atoms with Crippen LogP contribution in [-0.4, -0.2) is 34.2 Å². The zero-order valence-electron chi connectivity index (χ0n) is 14.9. The smallest absolute Gasteiger partial charge is 0.249 e. The Morgan fingerprint density at radius 3 is 2.38 bits per heavy atom. The highest BCUT2D eigenvalue weighted by molar-refractivity contribution is 9.10. The van der Waals surface area contributed by atoms with Crippen LogP contribution in [0.25, 0.3) is 0 Å². The Balaban J connectivity index is 1.71. The summed E-state index contributed by atoms with van der Waals surface area (Å²) in [6.07, 6.45) is 0.577. The second-order valence-corrected chi connectivity index (χ2v) is 8.32. The minimum absolute atomic E-state index is 0.0615. The lowest BCUT2D eigenvalue weighted by Gasteiger charge is -2.37. The highest BCUT2D eigenvalue weighted by Crippen LogP contribution is 2.50. The lowest BCUT2D eigenvalue weighted by atomic mass is 9.84. The lowest BCUT2D eigenvalue weighted by Crippen LogP contribution is -2.57. The van der Waals surface area contributed by atoms with Crippen LogP contribution in [0.4, 0.5) is 0 Å². The first-order valence-electron chi connectivity index (χ1n) is 8.80. The molecule has 2 fully saturated rings. The van der Waals surface area contributed by atoms with Gasteiger partial charge in [0.2, 0.25) is 11.8 Å². The van der Waals surface area contributed by atoms with Gasteiger partial charge in [-0.3, -0.25) is 19.4 Å². The monoisotopic (exact) mass is 412 g/mol. The van der Waals surface area contributed by atoms with Gasteiger partial charge in [0.15, 0.2) is 0 Å². The molecule has 3 atom stereocenters. The van der Waals surface area contributed by atoms with Gasteiger partial charge in [-0.05, 0) is 43.7 Å². The van der Waals surface area contributed by atoms with Gasteiger partial charge < -0.3 is 0 Å². The molecule has 0 radical (unpaired) electrons. The summed E-state index contributed by atoms with van der Waals surface area (Å²) in [5.74, 6) is -0.356. The minimum Gasteiger partial charge on any atom is -0.285 e. The van der Waals surface area contributed by atoms with Crippen molar-refractivity contribution in [2.75, 3.05) is 7.05 Å². The third-order valence-corrected chi connectivity index (χ3v) is 6.41. The normalized spacial score (nSPS) is 28.7. The van der Waals surface area contributed by atoms with E-state index in [0.717, 1.165) is 15.6 Å². The molecule has 2 aromatic carbocycles. The number of carbonyl (C=O) groups is 2. The predicted octanol–water partition coefficient (Wildman–Crippen LogP) is 3.77. The van der Waals surface area contributed by atoms with E-state index in [2.05, 4.69) is 20.8 Å². The van der Waals surface area contributed by atoms with Gasteiger partial charge in [0.25, 0.3) is 0 Å². The van der Waals surface area contributed by atoms with Crippen molar-refractivity contribution >= 4 is 27.7 Å². The zero-order chi connectivity index (χ0) is 18.5. The van der Waals surface area contributed by atoms with E-state index in [-0.39, 0.29) is 23.8 Å². The molecule has 5 heteroatoms. The van der Waals surface area contributed by atoms with Crippen LogP contribution in [0.15, 0.2) is 59.1 Å². The van der Waals surface area contributed by atoms with E-state index in [9.17, 15) is 9.59 Å². The number of hydrogen-bond donors (Lipinski definition) is 0. The molecule has 2 aliphatic rings. The van der Waals surface area contributed by atoms with E-state index >= 15 is 0 Å². The number of halogens is 1. The summed E-state index contributed by atoms with van der Waals surface area (Å²) in [5.41, 5.74) is 1.40. The Morgan fingerprint density at radius 2 is 1.73 bits per heavy atom. The van der Waals surface area contributed by atoms with Gasteiger partial charge >= 0.3 is 0 Å². The third-order valence-electron chi connectivity index (χ3n) is 5.88. The first kappa shape index (κ1) is 17.4. The minimum atomic E-state index is -0.648. The molecule has 26 heavy (non-hydrogen) atoms. The predicted molar refractivity (Wildman–Crippen MR) is 103 cm³/mol. The Morgan fingerprint density at radius 1 is 1.08 bits per heavy atom. The average molecular weight is 413 g/mol. The number of benzene rings is 2. The van der Waals surface area contributed by atoms with Gasteiger partial charge in [-0.15, -0.1) is 0 Å². The number of rotatable bonds is 3. The van der Waals surface area contributed by atoms with Crippen LogP contribution in [0.1, 0.15) is 30.5 Å². The van der Waals surface area contributed by atoms with Gasteiger partial charge in [-0.1, -0.05) is 58.4 Å². The fraction of sp³-hybridized carbons (Fsp3) is 0.333. The molecule has 4 nitrogen and oxygen atoms in total. The molecular weight excluding hydrogens is 392 g/mol. The van der Waals surface area contributed by atoms with Crippen LogP contribution in [0.5, 0.6) is 0 Å². The van der Waals surface area contributed by atoms with E-state index in [0.29, 0.717) is 13.0 Å². The van der Waals surface area contributed by atoms with Crippen LogP contribution in [0.2, 0.25) is 0 Å². The van der Waals surface area contributed by atoms with Gasteiger partial charge in [0.1, 0.15) is 0 Å². The molecule has 2 saturated heterocycles. The number of piperidine rings is 1. The molecule has 2 aliphatic heterocycles. The van der Waals surface area contributed by atoms with Crippen LogP contribution in [0.3, 0.4) is 0 Å². The number of amides is 2. The van der Waals surface area contributed by atoms with E-state index in [4.69, 9.17) is 0 Å². The second-order valence-electron chi connectivity index (χ2n) is 7.41. The average Bonchev–Trinajstić information content (AvgIpc) is 2.90. The molecule has 0 spiro atoms. The second kappa shape index (κ2) is 6.32. The lowest BCUT2D eigenvalue weighted by molar-refractivity contribution is -0.156. The van der Waals surface area contributed by atoms with Crippen molar-refractivity contribution in [1.29, 1.82) is 0 Å². The van der Waals surface area contributed by atoms with Crippen molar-refractivity contribution in [2.45, 2.75) is 31.5 Å². The van der Waals surface area contributed by atoms with Crippen molar-refractivity contribution in [3.05, 3.63) is 70.2 Å². The van der Waals surface area contributed by atoms with Gasteiger partial charge in [-0.25, -0.2) is 0 Å². The number of imide groups is 1. The van der Waals surface area contributed by atoms with Crippen molar-refractivity contribution in [1.82, 2.24) is 9.80 Å². The van der Waals surface area contributed by atoms with Crippen molar-refractivity contribution < 1.29 is 9.59 Å². The molecule has 2 bridgehead atoms. The molecule has 0 saturated carbocycles. The van der Waals surface area contributed by atoms with E-state index in [1.54, 1.807) is 0 Å². The highest BCUT2D eigenvalue weighted by atomic mass is 79.9. The van der Waals surface area contributed by atoms with Crippen LogP contribution in [0, 0.1) is 5.92 Å². The number of likely N-dealkylation sites (N-methyl/N-ethyl adjacent to an activating group) is 1. The molecule has 134 valence electrons. The fourth-order valence-electron chi connectivity index (χ4n) is 4.34. The van der Waals surface area contributed by atoms with Gasteiger partial charge in [-0.2, -0.15) is 0 Å². The topological polar surface area (TPSA) is 40.6 Å². The largest absolute Gasteiger partial charge is 0.285 e. The Labute approximate surface area is 161 Å². The number of hydrogen-bond acceptors (Lipinski definition) is 3. The number of fused-ring (bicyclic) bond motifs is 2. The standard InChI is InChI=1S/C21H21BrN2O2/c1-21-12-17(18(23(21)2)15-8-10-16(22)11-9-15)19(25)24(20(21)26)13-14-6-4-3-5-7-14/h3-11,17-18H,12-13H2,1-2H3/t17-,18-,21-/m0/s1. The molecule has 0 aliphatic carbocycles. The molecule has 4 rings (SSSR count). The Kier molecular flexibility index (Phi) is 4.24. The van der Waals surface area contributed by atoms with Crippen molar-refractivity contribution in [3.63, 3.8) is 0 Å². The van der Waals surface area contributed by atoms with Gasteiger partial charge in [0, 0.05) is 10.5 Å². The summed E-state index contributed by atoms with van der Waals surface area (Å²) in [5, 5.41) is 0. The first-order chi connectivity index (χ1) is 12.4. The fourth-order valence-corrected chi connectivity index (χ4v) is 4.61. The summed E-state index contributed by atoms with van der Waals surface area (Å²) in [7, 11) is 1.96. The van der Waals surface area contributed by atoms with Crippen molar-refractivity contribution in [3.8, 4) is 0 Å². The molecule has 0 N–H and O–H groups in total. The molecule has 0 unspecified atom stereocenters. The zero-order valence-corrected chi connectivity index (χ0v) is 16.4. The SMILES string of the molecule is CN1[C@@H](c2ccc(Br)cc2)[C@@H]2C[C@@]1(C)C(=O)N(Cc1ccccc1)C2=O. The highest BCUT2D eigenvalue weighted by Gasteiger charge is 2.60. The summed E-state index contributed by atoms with van der Waals surface area (Å²) < 4.78 is 1.00. The number of carbonyl (C=O) groups excluding carboxylic acids is 2. The van der Waals surface area contributed by atoms with Crippen LogP contribution < -0.4 is 0 Å². The summed E-state index contributed by atoms with van der Waals surface area (Å²) in [4.78, 5) is 30.0. The maximum Gasteiger partial charge on any atom is 0.249 e. The Bertz CT molecular complexity index is 852. The van der Waals surface area contributed by atoms with Crippen LogP contribution in [-0.2, 0) is 16.1 Å². The van der Waals surface area contributed by atoms with Crippen LogP contribution >= 0.6 is 15.9 Å². The number of likely N-dealkylation sites (tertiary alicyclic amines) is 2. The maximum absolute atomic E-state index is 13.2. The molecule has 2 heterocycles. The number of nitrogens with zero attached hydrogens (tertiary/aromatic N) is 2. The molecule has 2 amide bonds. The summed E-state index contributed by atoms with van der Waals surface area (Å²) in [6, 6.07) is 17.7. The van der Waals surface area contributed by atoms with E-state index in [1.165, 1.54) is 4.90 Å². The Hall–Kier alpha value is -1.98. The molecular formula is C21H21BrN2O2. The van der Waals surface area contributed by atoms with E-state index in [1.807, 2.05) is 68.6 Å². The summed E-state index contributed by atoms with van der Waals surface area (Å²) >= 11 is 3.46. The first-order valence-corrected chi connectivity index (χ1v) is 9.59. The maximum atomic E-state index is 13.2. The van der Waals surface area contributed by atoms with Gasteiger partial charge in [0.05, 0.1) is 18.0 Å². The third kappa shape index (κ3) is 2.61. The molecule has 0 aromatic heterocycles. The quantitative estimate of drug-likeness (QED) is 0.720. The van der Waals surface area contributed by atoms with Crippen molar-refractivity contribution in [2.24, 2.45) is 5.92 Å². The molecule has 2 aromatic rings. The summed E-state index contributed by atoms with van der Waals surface area (Å²) in [6.45, 7) is 2.30.